The summed E-state index contributed by atoms with van der Waals surface area (Å²) in [7, 11) is 2.61. The van der Waals surface area contributed by atoms with E-state index in [9.17, 15) is 35.4 Å². The molecule has 3 aromatic rings. The van der Waals surface area contributed by atoms with Gasteiger partial charge in [0.05, 0.1) is 31.8 Å². The molecule has 1 fully saturated rings. The van der Waals surface area contributed by atoms with Crippen LogP contribution >= 0.6 is 0 Å². The summed E-state index contributed by atoms with van der Waals surface area (Å²) in [6.45, 7) is -0.667. The number of aliphatic hydroxyl groups is 4. The Morgan fingerprint density at radius 1 is 0.857 bits per heavy atom. The third-order valence-electron chi connectivity index (χ3n) is 5.74. The fraction of sp³-hybridized carbons (Fsp3) is 0.348. The van der Waals surface area contributed by atoms with Crippen LogP contribution in [0.25, 0.3) is 22.1 Å². The monoisotopic (exact) mass is 492 g/mol. The van der Waals surface area contributed by atoms with E-state index in [-0.39, 0.29) is 50.8 Å². The average molecular weight is 492 g/mol. The van der Waals surface area contributed by atoms with Crippen molar-refractivity contribution in [1.82, 2.24) is 0 Å². The minimum Gasteiger partial charge on any atom is -0.504 e. The number of rotatable bonds is 6. The molecule has 0 unspecified atom stereocenters. The molecule has 12 nitrogen and oxygen atoms in total. The van der Waals surface area contributed by atoms with Crippen molar-refractivity contribution in [2.24, 2.45) is 0 Å². The first-order valence-electron chi connectivity index (χ1n) is 10.4. The zero-order valence-electron chi connectivity index (χ0n) is 18.6. The Morgan fingerprint density at radius 3 is 2.17 bits per heavy atom. The van der Waals surface area contributed by atoms with E-state index in [4.69, 9.17) is 23.4 Å². The Labute approximate surface area is 197 Å². The van der Waals surface area contributed by atoms with E-state index in [1.54, 1.807) is 0 Å². The van der Waals surface area contributed by atoms with E-state index in [1.807, 2.05) is 0 Å². The number of fused-ring (bicyclic) bond motifs is 1. The Hall–Kier alpha value is -3.55. The van der Waals surface area contributed by atoms with E-state index in [0.29, 0.717) is 0 Å². The maximum Gasteiger partial charge on any atom is 0.229 e. The molecule has 188 valence electrons. The lowest BCUT2D eigenvalue weighted by atomic mass is 9.99. The maximum atomic E-state index is 13.3. The van der Waals surface area contributed by atoms with Crippen molar-refractivity contribution in [2.45, 2.75) is 30.7 Å². The van der Waals surface area contributed by atoms with Gasteiger partial charge in [0.15, 0.2) is 23.0 Å². The summed E-state index contributed by atoms with van der Waals surface area (Å²) in [6.07, 6.45) is -6.71. The third kappa shape index (κ3) is 4.33. The van der Waals surface area contributed by atoms with Crippen LogP contribution in [-0.2, 0) is 4.74 Å². The Bertz CT molecular complexity index is 1280. The van der Waals surface area contributed by atoms with Crippen LogP contribution in [0.5, 0.6) is 28.7 Å². The van der Waals surface area contributed by atoms with Crippen LogP contribution in [0.1, 0.15) is 0 Å². The van der Waals surface area contributed by atoms with Crippen LogP contribution in [0, 0.1) is 0 Å². The van der Waals surface area contributed by atoms with Crippen molar-refractivity contribution in [1.29, 1.82) is 0 Å². The molecular formula is C23H24O12. The lowest BCUT2D eigenvalue weighted by Crippen LogP contribution is -2.60. The zero-order valence-corrected chi connectivity index (χ0v) is 18.6. The van der Waals surface area contributed by atoms with Gasteiger partial charge in [-0.15, -0.1) is 0 Å². The number of ether oxygens (including phenoxy) is 4. The summed E-state index contributed by atoms with van der Waals surface area (Å²) in [5, 5.41) is 60.3. The van der Waals surface area contributed by atoms with Gasteiger partial charge in [-0.1, -0.05) is 0 Å². The Kier molecular flexibility index (Phi) is 6.74. The van der Waals surface area contributed by atoms with Crippen molar-refractivity contribution in [3.63, 3.8) is 0 Å². The van der Waals surface area contributed by atoms with Gasteiger partial charge in [-0.05, 0) is 12.1 Å². The summed E-state index contributed by atoms with van der Waals surface area (Å²) in [5.74, 6) is -0.681. The lowest BCUT2D eigenvalue weighted by Gasteiger charge is -2.39. The largest absolute Gasteiger partial charge is 0.504 e. The van der Waals surface area contributed by atoms with E-state index in [0.717, 1.165) is 6.26 Å². The zero-order chi connectivity index (χ0) is 25.4. The number of phenols is 2. The van der Waals surface area contributed by atoms with Gasteiger partial charge in [0.1, 0.15) is 42.0 Å². The molecule has 12 heteroatoms. The number of hydrogen-bond acceptors (Lipinski definition) is 12. The van der Waals surface area contributed by atoms with Crippen LogP contribution < -0.4 is 19.6 Å². The number of hydrogen-bond donors (Lipinski definition) is 6. The second-order valence-electron chi connectivity index (χ2n) is 7.83. The van der Waals surface area contributed by atoms with Crippen molar-refractivity contribution < 1.29 is 54.0 Å². The SMILES string of the molecule is COc1cc(O[C@@H]2O[C@H](CO)[C@@H](O)[C@H](O)[C@H]2O)c(-c2coc3cc(O)c(OC)cc3c2=O)cc1O. The van der Waals surface area contributed by atoms with Crippen LogP contribution in [0.2, 0.25) is 0 Å². The molecule has 35 heavy (non-hydrogen) atoms. The summed E-state index contributed by atoms with van der Waals surface area (Å²) in [6, 6.07) is 4.92. The van der Waals surface area contributed by atoms with Crippen molar-refractivity contribution in [2.75, 3.05) is 20.8 Å². The molecule has 1 aromatic heterocycles. The highest BCUT2D eigenvalue weighted by Gasteiger charge is 2.45. The second-order valence-corrected chi connectivity index (χ2v) is 7.83. The van der Waals surface area contributed by atoms with E-state index >= 15 is 0 Å². The molecule has 0 bridgehead atoms. The number of methoxy groups -OCH3 is 2. The van der Waals surface area contributed by atoms with Gasteiger partial charge < -0.3 is 54.0 Å². The molecule has 0 radical (unpaired) electrons. The molecule has 0 spiro atoms. The van der Waals surface area contributed by atoms with Crippen LogP contribution in [-0.4, -0.2) is 82.2 Å². The number of benzene rings is 2. The molecule has 4 rings (SSSR count). The van der Waals surface area contributed by atoms with Crippen LogP contribution in [0.4, 0.5) is 0 Å². The molecular weight excluding hydrogens is 468 g/mol. The molecule has 0 amide bonds. The Balaban J connectivity index is 1.84. The van der Waals surface area contributed by atoms with Gasteiger partial charge in [0, 0.05) is 17.7 Å². The van der Waals surface area contributed by atoms with Crippen molar-refractivity contribution >= 4 is 11.0 Å². The first kappa shape index (κ1) is 24.6. The maximum absolute atomic E-state index is 13.3. The topological polar surface area (TPSA) is 189 Å². The molecule has 0 saturated carbocycles. The predicted molar refractivity (Wildman–Crippen MR) is 119 cm³/mol. The molecule has 1 aliphatic rings. The van der Waals surface area contributed by atoms with Crippen LogP contribution in [0.15, 0.2) is 39.7 Å². The number of phenolic OH excluding ortho intramolecular Hbond substituents is 2. The lowest BCUT2D eigenvalue weighted by molar-refractivity contribution is -0.277. The number of aliphatic hydroxyl groups excluding tert-OH is 4. The Morgan fingerprint density at radius 2 is 1.51 bits per heavy atom. The highest BCUT2D eigenvalue weighted by molar-refractivity contribution is 5.86. The van der Waals surface area contributed by atoms with Gasteiger partial charge in [0.2, 0.25) is 11.7 Å². The fourth-order valence-corrected chi connectivity index (χ4v) is 3.81. The van der Waals surface area contributed by atoms with E-state index in [1.165, 1.54) is 38.5 Å². The third-order valence-corrected chi connectivity index (χ3v) is 5.74. The highest BCUT2D eigenvalue weighted by atomic mass is 16.7. The van der Waals surface area contributed by atoms with Gasteiger partial charge in [-0.2, -0.15) is 0 Å². The van der Waals surface area contributed by atoms with E-state index in [2.05, 4.69) is 0 Å². The van der Waals surface area contributed by atoms with Gasteiger partial charge >= 0.3 is 0 Å². The summed E-state index contributed by atoms with van der Waals surface area (Å²) < 4.78 is 26.8. The van der Waals surface area contributed by atoms with Crippen LogP contribution in [0.3, 0.4) is 0 Å². The molecule has 0 aliphatic carbocycles. The van der Waals surface area contributed by atoms with Crippen molar-refractivity contribution in [3.05, 3.63) is 40.8 Å². The summed E-state index contributed by atoms with van der Waals surface area (Å²) >= 11 is 0. The fourth-order valence-electron chi connectivity index (χ4n) is 3.81. The second kappa shape index (κ2) is 9.60. The van der Waals surface area contributed by atoms with E-state index < -0.39 is 42.7 Å². The molecule has 6 N–H and O–H groups in total. The molecule has 2 aromatic carbocycles. The standard InChI is InChI=1S/C23H24O12/c1-31-16-4-10-14(5-13(16)26)33-8-11(19(10)27)9-3-12(25)17(32-2)6-15(9)34-23-22(30)21(29)20(28)18(7-24)35-23/h3-6,8,18,20-26,28-30H,7H2,1-2H3/t18-,20-,21+,22-,23-/m1/s1. The minimum absolute atomic E-state index is 0.0166. The number of aromatic hydroxyl groups is 2. The first-order valence-corrected chi connectivity index (χ1v) is 10.4. The quantitative estimate of drug-likeness (QED) is 0.272. The summed E-state index contributed by atoms with van der Waals surface area (Å²) in [5.41, 5.74) is -0.537. The van der Waals surface area contributed by atoms with Gasteiger partial charge in [-0.25, -0.2) is 0 Å². The van der Waals surface area contributed by atoms with Gasteiger partial charge in [0.25, 0.3) is 0 Å². The molecule has 5 atom stereocenters. The average Bonchev–Trinajstić information content (AvgIpc) is 2.85. The van der Waals surface area contributed by atoms with Gasteiger partial charge in [-0.3, -0.25) is 4.79 Å². The molecule has 2 heterocycles. The summed E-state index contributed by atoms with van der Waals surface area (Å²) in [4.78, 5) is 13.3. The smallest absolute Gasteiger partial charge is 0.229 e. The normalized spacial score (nSPS) is 24.3. The first-order chi connectivity index (χ1) is 16.7. The molecule has 1 aliphatic heterocycles. The predicted octanol–water partition coefficient (Wildman–Crippen LogP) is 0.0671. The molecule has 1 saturated heterocycles. The minimum atomic E-state index is -1.72. The van der Waals surface area contributed by atoms with Crippen molar-refractivity contribution in [3.8, 4) is 39.9 Å². The highest BCUT2D eigenvalue weighted by Crippen LogP contribution is 2.41.